The van der Waals surface area contributed by atoms with E-state index >= 15 is 0 Å². The summed E-state index contributed by atoms with van der Waals surface area (Å²) in [4.78, 5) is 11.1. The summed E-state index contributed by atoms with van der Waals surface area (Å²) in [5, 5.41) is 22.0. The van der Waals surface area contributed by atoms with E-state index in [4.69, 9.17) is 5.21 Å². The first-order chi connectivity index (χ1) is 12.3. The fourth-order valence-electron chi connectivity index (χ4n) is 2.67. The van der Waals surface area contributed by atoms with E-state index in [1.54, 1.807) is 24.3 Å². The lowest BCUT2D eigenvalue weighted by Crippen LogP contribution is -2.17. The van der Waals surface area contributed by atoms with Crippen molar-refractivity contribution in [2.45, 2.75) is 12.9 Å². The molecule has 1 aromatic heterocycles. The zero-order valence-corrected chi connectivity index (χ0v) is 13.0. The van der Waals surface area contributed by atoms with Gasteiger partial charge in [-0.15, -0.1) is 18.1 Å². The van der Waals surface area contributed by atoms with E-state index in [0.29, 0.717) is 16.8 Å². The first-order valence-corrected chi connectivity index (χ1v) is 7.25. The van der Waals surface area contributed by atoms with Crippen LogP contribution >= 0.6 is 0 Å². The summed E-state index contributed by atoms with van der Waals surface area (Å²) in [7, 11) is 0. The van der Waals surface area contributed by atoms with Gasteiger partial charge >= 0.3 is 6.36 Å². The summed E-state index contributed by atoms with van der Waals surface area (Å²) in [5.74, 6) is -1.01. The van der Waals surface area contributed by atoms with Crippen LogP contribution in [0.15, 0.2) is 47.6 Å². The van der Waals surface area contributed by atoms with E-state index in [1.807, 2.05) is 5.48 Å². The van der Waals surface area contributed by atoms with Crippen molar-refractivity contribution < 1.29 is 28.2 Å². The van der Waals surface area contributed by atoms with Gasteiger partial charge in [-0.05, 0) is 41.1 Å². The Hall–Kier alpha value is -3.27. The van der Waals surface area contributed by atoms with Gasteiger partial charge in [0.2, 0.25) is 5.88 Å². The highest BCUT2D eigenvalue weighted by Crippen LogP contribution is 2.41. The van der Waals surface area contributed by atoms with Crippen LogP contribution in [-0.4, -0.2) is 21.2 Å². The lowest BCUT2D eigenvalue weighted by atomic mass is 10.2. The molecular formula is C16H12F3N3O4. The number of nitrogens with zero attached hydrogens (tertiary/aromatic N) is 2. The van der Waals surface area contributed by atoms with Crippen LogP contribution in [0.3, 0.4) is 0 Å². The second kappa shape index (κ2) is 6.56. The molecule has 1 heterocycles. The Balaban J connectivity index is 2.07. The molecule has 0 spiro atoms. The molecule has 0 aliphatic carbocycles. The predicted molar refractivity (Wildman–Crippen MR) is 86.7 cm³/mol. The standard InChI is InChI=1S/C16H12F3N3O4/c17-16(18,19)26-11-4-5-13-12(7-11)14(21-25)15(23)22(13)8-9-2-1-3-10(6-9)20-24/h1-7,20,23-24H,8H2. The summed E-state index contributed by atoms with van der Waals surface area (Å²) in [6.45, 7) is 0.0901. The molecule has 0 saturated carbocycles. The molecule has 3 N–H and O–H groups in total. The van der Waals surface area contributed by atoms with Gasteiger partial charge in [0.15, 0.2) is 5.69 Å². The number of halogens is 3. The maximum atomic E-state index is 12.4. The van der Waals surface area contributed by atoms with Gasteiger partial charge in [-0.1, -0.05) is 12.1 Å². The van der Waals surface area contributed by atoms with Crippen molar-refractivity contribution in [1.82, 2.24) is 4.57 Å². The fourth-order valence-corrected chi connectivity index (χ4v) is 2.67. The average Bonchev–Trinajstić information content (AvgIpc) is 2.84. The number of benzene rings is 2. The number of ether oxygens (including phenoxy) is 1. The summed E-state index contributed by atoms with van der Waals surface area (Å²) in [6, 6.07) is 9.93. The molecule has 7 nitrogen and oxygen atoms in total. The zero-order chi connectivity index (χ0) is 18.9. The number of anilines is 1. The van der Waals surface area contributed by atoms with Crippen LogP contribution in [0.1, 0.15) is 5.56 Å². The zero-order valence-electron chi connectivity index (χ0n) is 13.0. The van der Waals surface area contributed by atoms with Crippen LogP contribution in [0.5, 0.6) is 11.6 Å². The molecule has 0 amide bonds. The average molecular weight is 367 g/mol. The van der Waals surface area contributed by atoms with Gasteiger partial charge in [0, 0.05) is 5.39 Å². The third kappa shape index (κ3) is 3.40. The fraction of sp³-hybridized carbons (Fsp3) is 0.125. The minimum absolute atomic E-state index is 0.0238. The van der Waals surface area contributed by atoms with Crippen molar-refractivity contribution in [3.05, 3.63) is 52.9 Å². The number of rotatable bonds is 5. The summed E-state index contributed by atoms with van der Waals surface area (Å²) >= 11 is 0. The molecule has 136 valence electrons. The molecular weight excluding hydrogens is 355 g/mol. The molecule has 3 rings (SSSR count). The van der Waals surface area contributed by atoms with Crippen LogP contribution in [-0.2, 0) is 6.54 Å². The molecule has 2 aromatic carbocycles. The van der Waals surface area contributed by atoms with Gasteiger partial charge in [0.25, 0.3) is 0 Å². The smallest absolute Gasteiger partial charge is 0.493 e. The van der Waals surface area contributed by atoms with Gasteiger partial charge in [-0.25, -0.2) is 0 Å². The highest BCUT2D eigenvalue weighted by molar-refractivity contribution is 5.96. The maximum Gasteiger partial charge on any atom is 0.573 e. The number of alkyl halides is 3. The van der Waals surface area contributed by atoms with Crippen LogP contribution in [0.4, 0.5) is 24.5 Å². The largest absolute Gasteiger partial charge is 0.573 e. The van der Waals surface area contributed by atoms with Gasteiger partial charge in [-0.3, -0.25) is 10.7 Å². The Labute approximate surface area is 144 Å². The molecule has 0 atom stereocenters. The molecule has 0 unspecified atom stereocenters. The van der Waals surface area contributed by atoms with Crippen molar-refractivity contribution in [1.29, 1.82) is 0 Å². The van der Waals surface area contributed by atoms with E-state index in [0.717, 1.165) is 12.1 Å². The minimum Gasteiger partial charge on any atom is -0.493 e. The Morgan fingerprint density at radius 1 is 1.19 bits per heavy atom. The number of aromatic nitrogens is 1. The summed E-state index contributed by atoms with van der Waals surface area (Å²) < 4.78 is 42.3. The molecule has 0 radical (unpaired) electrons. The van der Waals surface area contributed by atoms with Crippen molar-refractivity contribution in [2.24, 2.45) is 5.18 Å². The van der Waals surface area contributed by atoms with Crippen LogP contribution < -0.4 is 10.2 Å². The number of fused-ring (bicyclic) bond motifs is 1. The first kappa shape index (κ1) is 17.5. The van der Waals surface area contributed by atoms with Crippen molar-refractivity contribution in [2.75, 3.05) is 5.48 Å². The number of hydrogen-bond acceptors (Lipinski definition) is 6. The highest BCUT2D eigenvalue weighted by Gasteiger charge is 2.31. The lowest BCUT2D eigenvalue weighted by Gasteiger charge is -2.10. The van der Waals surface area contributed by atoms with Gasteiger partial charge < -0.3 is 14.4 Å². The number of aromatic hydroxyl groups is 1. The number of hydrogen-bond donors (Lipinski definition) is 3. The molecule has 0 aliphatic rings. The molecule has 0 bridgehead atoms. The molecule has 3 aromatic rings. The second-order valence-corrected chi connectivity index (χ2v) is 5.39. The molecule has 26 heavy (non-hydrogen) atoms. The topological polar surface area (TPSA) is 96.1 Å². The van der Waals surface area contributed by atoms with Crippen molar-refractivity contribution in [3.63, 3.8) is 0 Å². The second-order valence-electron chi connectivity index (χ2n) is 5.39. The molecule has 10 heteroatoms. The van der Waals surface area contributed by atoms with E-state index in [2.05, 4.69) is 9.91 Å². The van der Waals surface area contributed by atoms with Crippen LogP contribution in [0, 0.1) is 4.91 Å². The molecule has 0 fully saturated rings. The molecule has 0 saturated heterocycles. The Kier molecular flexibility index (Phi) is 4.43. The minimum atomic E-state index is -4.88. The Morgan fingerprint density at radius 3 is 2.62 bits per heavy atom. The summed E-state index contributed by atoms with van der Waals surface area (Å²) in [5.41, 5.74) is 2.97. The van der Waals surface area contributed by atoms with E-state index in [-0.39, 0.29) is 17.6 Å². The SMILES string of the molecule is O=Nc1c(O)n(Cc2cccc(NO)c2)c2ccc(OC(F)(F)F)cc12. The van der Waals surface area contributed by atoms with Gasteiger partial charge in [0.05, 0.1) is 17.7 Å². The van der Waals surface area contributed by atoms with Gasteiger partial charge in [-0.2, -0.15) is 0 Å². The van der Waals surface area contributed by atoms with E-state index < -0.39 is 18.0 Å². The van der Waals surface area contributed by atoms with Crippen molar-refractivity contribution >= 4 is 22.3 Å². The van der Waals surface area contributed by atoms with E-state index in [1.165, 1.54) is 10.6 Å². The normalized spacial score (nSPS) is 11.5. The summed E-state index contributed by atoms with van der Waals surface area (Å²) in [6.07, 6.45) is -4.88. The Morgan fingerprint density at radius 2 is 1.96 bits per heavy atom. The highest BCUT2D eigenvalue weighted by atomic mass is 19.4. The third-order valence-corrected chi connectivity index (χ3v) is 3.70. The quantitative estimate of drug-likeness (QED) is 0.456. The van der Waals surface area contributed by atoms with Crippen LogP contribution in [0.25, 0.3) is 10.9 Å². The van der Waals surface area contributed by atoms with Gasteiger partial charge in [0.1, 0.15) is 5.75 Å². The third-order valence-electron chi connectivity index (χ3n) is 3.70. The first-order valence-electron chi connectivity index (χ1n) is 7.25. The number of nitroso groups, excluding NO2 is 1. The maximum absolute atomic E-state index is 12.4. The predicted octanol–water partition coefficient (Wildman–Crippen LogP) is 4.49. The van der Waals surface area contributed by atoms with E-state index in [9.17, 15) is 23.2 Å². The Bertz CT molecular complexity index is 969. The lowest BCUT2D eigenvalue weighted by molar-refractivity contribution is -0.274. The number of nitrogens with one attached hydrogen (secondary N) is 1. The van der Waals surface area contributed by atoms with Crippen molar-refractivity contribution in [3.8, 4) is 11.6 Å². The molecule has 0 aliphatic heterocycles. The monoisotopic (exact) mass is 367 g/mol. The van der Waals surface area contributed by atoms with Crippen LogP contribution in [0.2, 0.25) is 0 Å².